The number of carbonyl (C=O) groups is 2. The number of hydrogen-bond acceptors (Lipinski definition) is 5. The Labute approximate surface area is 134 Å². The number of hydrogen-bond donors (Lipinski definition) is 1. The molecule has 1 N–H and O–H groups in total. The Morgan fingerprint density at radius 1 is 1.39 bits per heavy atom. The molecule has 2 aliphatic rings. The van der Waals surface area contributed by atoms with Crippen molar-refractivity contribution in [2.24, 2.45) is 5.92 Å². The number of carbonyl (C=O) groups excluding carboxylic acids is 2. The standard InChI is InChI=1S/C17H19NO5/c1-4-22-17(21)13-8-18(10(3)19)16-15(9(13)2)12-7-11(20)5-6-14(12)23-16/h5-9,15-16,20H,4H2,1-3H3/t9-,15-,16+/m0/s1. The lowest BCUT2D eigenvalue weighted by Crippen LogP contribution is -2.46. The lowest BCUT2D eigenvalue weighted by molar-refractivity contribution is -0.141. The fraction of sp³-hybridized carbons (Fsp3) is 0.412. The number of rotatable bonds is 2. The highest BCUT2D eigenvalue weighted by Gasteiger charge is 2.47. The number of nitrogens with zero attached hydrogens (tertiary/aromatic N) is 1. The number of amides is 1. The zero-order chi connectivity index (χ0) is 16.7. The normalized spacial score (nSPS) is 25.1. The van der Waals surface area contributed by atoms with E-state index in [4.69, 9.17) is 9.47 Å². The first kappa shape index (κ1) is 15.4. The third kappa shape index (κ3) is 2.44. The molecule has 0 saturated carbocycles. The largest absolute Gasteiger partial charge is 0.508 e. The van der Waals surface area contributed by atoms with Crippen LogP contribution in [0.5, 0.6) is 11.5 Å². The summed E-state index contributed by atoms with van der Waals surface area (Å²) in [5.74, 6) is -0.330. The predicted molar refractivity (Wildman–Crippen MR) is 81.7 cm³/mol. The number of phenols is 1. The molecule has 0 unspecified atom stereocenters. The molecule has 0 bridgehead atoms. The van der Waals surface area contributed by atoms with Crippen LogP contribution < -0.4 is 4.74 Å². The third-order valence-electron chi connectivity index (χ3n) is 4.36. The molecule has 0 aliphatic carbocycles. The van der Waals surface area contributed by atoms with Crippen molar-refractivity contribution < 1.29 is 24.2 Å². The Balaban J connectivity index is 2.07. The molecule has 1 amide bonds. The van der Waals surface area contributed by atoms with Crippen molar-refractivity contribution in [3.05, 3.63) is 35.5 Å². The molecule has 23 heavy (non-hydrogen) atoms. The van der Waals surface area contributed by atoms with Gasteiger partial charge in [-0.05, 0) is 25.1 Å². The molecule has 6 heteroatoms. The number of aromatic hydroxyl groups is 1. The minimum absolute atomic E-state index is 0.127. The van der Waals surface area contributed by atoms with Crippen molar-refractivity contribution >= 4 is 11.9 Å². The van der Waals surface area contributed by atoms with E-state index in [0.29, 0.717) is 11.3 Å². The van der Waals surface area contributed by atoms with E-state index in [2.05, 4.69) is 0 Å². The maximum absolute atomic E-state index is 12.2. The topological polar surface area (TPSA) is 76.1 Å². The summed E-state index contributed by atoms with van der Waals surface area (Å²) >= 11 is 0. The first-order valence-corrected chi connectivity index (χ1v) is 7.61. The second-order valence-corrected chi connectivity index (χ2v) is 5.78. The highest BCUT2D eigenvalue weighted by molar-refractivity contribution is 5.90. The maximum atomic E-state index is 12.2. The first-order valence-electron chi connectivity index (χ1n) is 7.61. The monoisotopic (exact) mass is 317 g/mol. The van der Waals surface area contributed by atoms with Crippen molar-refractivity contribution in [3.8, 4) is 11.5 Å². The zero-order valence-electron chi connectivity index (χ0n) is 13.3. The van der Waals surface area contributed by atoms with E-state index < -0.39 is 12.2 Å². The molecule has 2 aliphatic heterocycles. The van der Waals surface area contributed by atoms with Gasteiger partial charge in [-0.2, -0.15) is 0 Å². The second kappa shape index (κ2) is 5.61. The maximum Gasteiger partial charge on any atom is 0.335 e. The summed E-state index contributed by atoms with van der Waals surface area (Å²) in [6.45, 7) is 5.34. The van der Waals surface area contributed by atoms with E-state index in [1.165, 1.54) is 18.0 Å². The molecule has 3 rings (SSSR count). The molecule has 122 valence electrons. The van der Waals surface area contributed by atoms with Gasteiger partial charge in [0.2, 0.25) is 5.91 Å². The Morgan fingerprint density at radius 2 is 2.13 bits per heavy atom. The van der Waals surface area contributed by atoms with Crippen molar-refractivity contribution in [2.45, 2.75) is 32.9 Å². The summed E-state index contributed by atoms with van der Waals surface area (Å²) in [7, 11) is 0. The highest BCUT2D eigenvalue weighted by Crippen LogP contribution is 2.49. The smallest absolute Gasteiger partial charge is 0.335 e. The van der Waals surface area contributed by atoms with E-state index in [1.807, 2.05) is 6.92 Å². The quantitative estimate of drug-likeness (QED) is 0.846. The van der Waals surface area contributed by atoms with Crippen LogP contribution in [0.1, 0.15) is 32.3 Å². The Bertz CT molecular complexity index is 696. The molecule has 2 heterocycles. The van der Waals surface area contributed by atoms with Crippen LogP contribution in [0.4, 0.5) is 0 Å². The van der Waals surface area contributed by atoms with E-state index in [0.717, 1.165) is 5.56 Å². The Kier molecular flexibility index (Phi) is 3.75. The van der Waals surface area contributed by atoms with Crippen LogP contribution in [0.25, 0.3) is 0 Å². The summed E-state index contributed by atoms with van der Waals surface area (Å²) in [5.41, 5.74) is 1.23. The lowest BCUT2D eigenvalue weighted by atomic mass is 9.79. The molecule has 0 saturated heterocycles. The molecular formula is C17H19NO5. The van der Waals surface area contributed by atoms with Gasteiger partial charge in [-0.25, -0.2) is 4.79 Å². The van der Waals surface area contributed by atoms with Gasteiger partial charge in [0, 0.05) is 24.6 Å². The molecule has 1 aromatic carbocycles. The van der Waals surface area contributed by atoms with Gasteiger partial charge in [-0.3, -0.25) is 9.69 Å². The minimum atomic E-state index is -0.516. The van der Waals surface area contributed by atoms with Crippen LogP contribution in [-0.2, 0) is 14.3 Å². The average Bonchev–Trinajstić information content (AvgIpc) is 2.86. The van der Waals surface area contributed by atoms with Gasteiger partial charge in [0.25, 0.3) is 0 Å². The van der Waals surface area contributed by atoms with Crippen LogP contribution in [-0.4, -0.2) is 34.7 Å². The molecule has 0 aromatic heterocycles. The number of ether oxygens (including phenoxy) is 2. The van der Waals surface area contributed by atoms with E-state index in [9.17, 15) is 14.7 Å². The van der Waals surface area contributed by atoms with Crippen LogP contribution in [0.15, 0.2) is 30.0 Å². The van der Waals surface area contributed by atoms with Crippen molar-refractivity contribution in [1.29, 1.82) is 0 Å². The molecule has 6 nitrogen and oxygen atoms in total. The zero-order valence-corrected chi connectivity index (χ0v) is 13.3. The summed E-state index contributed by atoms with van der Waals surface area (Å²) < 4.78 is 11.0. The Morgan fingerprint density at radius 3 is 2.78 bits per heavy atom. The average molecular weight is 317 g/mol. The van der Waals surface area contributed by atoms with Crippen molar-refractivity contribution in [3.63, 3.8) is 0 Å². The molecule has 1 aromatic rings. The summed E-state index contributed by atoms with van der Waals surface area (Å²) in [6, 6.07) is 4.85. The summed E-state index contributed by atoms with van der Waals surface area (Å²) in [5, 5.41) is 9.76. The van der Waals surface area contributed by atoms with Gasteiger partial charge in [0.1, 0.15) is 11.5 Å². The molecule has 3 atom stereocenters. The number of phenolic OH excluding ortho intramolecular Hbond substituents is 1. The van der Waals surface area contributed by atoms with Crippen LogP contribution >= 0.6 is 0 Å². The lowest BCUT2D eigenvalue weighted by Gasteiger charge is -2.37. The summed E-state index contributed by atoms with van der Waals surface area (Å²) in [4.78, 5) is 25.6. The van der Waals surface area contributed by atoms with E-state index in [-0.39, 0.29) is 30.1 Å². The third-order valence-corrected chi connectivity index (χ3v) is 4.36. The molecule has 0 radical (unpaired) electrons. The first-order chi connectivity index (χ1) is 10.9. The number of esters is 1. The number of benzene rings is 1. The van der Waals surface area contributed by atoms with Gasteiger partial charge in [-0.15, -0.1) is 0 Å². The van der Waals surface area contributed by atoms with E-state index >= 15 is 0 Å². The fourth-order valence-corrected chi connectivity index (χ4v) is 3.26. The SMILES string of the molecule is CCOC(=O)C1=CN(C(C)=O)[C@@H]2Oc3ccc(O)cc3[C@@H]2[C@H]1C. The van der Waals surface area contributed by atoms with E-state index in [1.54, 1.807) is 25.1 Å². The minimum Gasteiger partial charge on any atom is -0.508 e. The summed E-state index contributed by atoms with van der Waals surface area (Å²) in [6.07, 6.45) is 1.01. The van der Waals surface area contributed by atoms with Gasteiger partial charge >= 0.3 is 5.97 Å². The van der Waals surface area contributed by atoms with Gasteiger partial charge in [-0.1, -0.05) is 6.92 Å². The van der Waals surface area contributed by atoms with Crippen LogP contribution in [0.2, 0.25) is 0 Å². The molecule has 0 spiro atoms. The second-order valence-electron chi connectivity index (χ2n) is 5.78. The number of fused-ring (bicyclic) bond motifs is 3. The van der Waals surface area contributed by atoms with Crippen molar-refractivity contribution in [1.82, 2.24) is 4.90 Å². The Hall–Kier alpha value is -2.50. The van der Waals surface area contributed by atoms with Crippen LogP contribution in [0.3, 0.4) is 0 Å². The van der Waals surface area contributed by atoms with Crippen molar-refractivity contribution in [2.75, 3.05) is 6.61 Å². The van der Waals surface area contributed by atoms with Gasteiger partial charge < -0.3 is 14.6 Å². The van der Waals surface area contributed by atoms with Gasteiger partial charge in [0.05, 0.1) is 18.1 Å². The highest BCUT2D eigenvalue weighted by atomic mass is 16.5. The molecule has 0 fully saturated rings. The van der Waals surface area contributed by atoms with Gasteiger partial charge in [0.15, 0.2) is 6.23 Å². The van der Waals surface area contributed by atoms with Crippen LogP contribution in [0, 0.1) is 5.92 Å². The fourth-order valence-electron chi connectivity index (χ4n) is 3.26. The molecular weight excluding hydrogens is 298 g/mol. The predicted octanol–water partition coefficient (Wildman–Crippen LogP) is 2.14.